The molecule has 1 aliphatic rings. The van der Waals surface area contributed by atoms with Gasteiger partial charge in [0, 0.05) is 25.8 Å². The number of hydrogen-bond acceptors (Lipinski definition) is 4. The molecule has 0 saturated carbocycles. The molecule has 2 heterocycles. The van der Waals surface area contributed by atoms with Crippen LogP contribution in [0.5, 0.6) is 5.75 Å². The molecule has 126 valence electrons. The van der Waals surface area contributed by atoms with Crippen molar-refractivity contribution in [1.82, 2.24) is 10.3 Å². The largest absolute Gasteiger partial charge is 0.481 e. The SMILES string of the molecule is CC(Oc1ccccc1)C(=O)NCc1ccc(N2CCCC2)nc1. The zero-order valence-electron chi connectivity index (χ0n) is 13.9. The van der Waals surface area contributed by atoms with Crippen LogP contribution in [0.15, 0.2) is 48.7 Å². The minimum atomic E-state index is -0.538. The van der Waals surface area contributed by atoms with Crippen molar-refractivity contribution >= 4 is 11.7 Å². The van der Waals surface area contributed by atoms with Crippen LogP contribution in [-0.4, -0.2) is 30.1 Å². The first-order valence-electron chi connectivity index (χ1n) is 8.41. The molecule has 24 heavy (non-hydrogen) atoms. The van der Waals surface area contributed by atoms with Crippen molar-refractivity contribution in [3.8, 4) is 5.75 Å². The molecule has 1 amide bonds. The van der Waals surface area contributed by atoms with Gasteiger partial charge in [0.05, 0.1) is 0 Å². The summed E-state index contributed by atoms with van der Waals surface area (Å²) in [5.74, 6) is 1.57. The predicted molar refractivity (Wildman–Crippen MR) is 94.1 cm³/mol. The lowest BCUT2D eigenvalue weighted by Crippen LogP contribution is -2.35. The lowest BCUT2D eigenvalue weighted by atomic mass is 10.2. The monoisotopic (exact) mass is 325 g/mol. The van der Waals surface area contributed by atoms with E-state index in [1.807, 2.05) is 48.7 Å². The van der Waals surface area contributed by atoms with Crippen molar-refractivity contribution < 1.29 is 9.53 Å². The average molecular weight is 325 g/mol. The fraction of sp³-hybridized carbons (Fsp3) is 0.368. The van der Waals surface area contributed by atoms with Crippen LogP contribution in [0.2, 0.25) is 0 Å². The quantitative estimate of drug-likeness (QED) is 0.887. The van der Waals surface area contributed by atoms with Crippen molar-refractivity contribution in [2.75, 3.05) is 18.0 Å². The van der Waals surface area contributed by atoms with Crippen molar-refractivity contribution in [3.05, 3.63) is 54.2 Å². The van der Waals surface area contributed by atoms with Gasteiger partial charge in [-0.2, -0.15) is 0 Å². The van der Waals surface area contributed by atoms with Gasteiger partial charge in [-0.05, 0) is 43.5 Å². The van der Waals surface area contributed by atoms with Gasteiger partial charge in [-0.3, -0.25) is 4.79 Å². The topological polar surface area (TPSA) is 54.5 Å². The van der Waals surface area contributed by atoms with Gasteiger partial charge in [-0.15, -0.1) is 0 Å². The summed E-state index contributed by atoms with van der Waals surface area (Å²) in [6.45, 7) is 4.36. The Labute approximate surface area is 142 Å². The molecule has 2 aromatic rings. The molecule has 1 aromatic heterocycles. The van der Waals surface area contributed by atoms with Crippen LogP contribution in [0.25, 0.3) is 0 Å². The lowest BCUT2D eigenvalue weighted by molar-refractivity contribution is -0.127. The number of carbonyl (C=O) groups is 1. The molecule has 1 fully saturated rings. The third-order valence-corrected chi connectivity index (χ3v) is 4.13. The first kappa shape index (κ1) is 16.3. The highest BCUT2D eigenvalue weighted by atomic mass is 16.5. The zero-order valence-corrected chi connectivity index (χ0v) is 13.9. The number of aromatic nitrogens is 1. The third-order valence-electron chi connectivity index (χ3n) is 4.13. The van der Waals surface area contributed by atoms with Crippen molar-refractivity contribution in [2.45, 2.75) is 32.4 Å². The zero-order chi connectivity index (χ0) is 16.8. The van der Waals surface area contributed by atoms with Crippen LogP contribution < -0.4 is 15.0 Å². The summed E-state index contributed by atoms with van der Waals surface area (Å²) in [5, 5.41) is 2.89. The maximum atomic E-state index is 12.1. The molecule has 1 N–H and O–H groups in total. The first-order valence-corrected chi connectivity index (χ1v) is 8.41. The van der Waals surface area contributed by atoms with Gasteiger partial charge >= 0.3 is 0 Å². The van der Waals surface area contributed by atoms with Gasteiger partial charge in [0.25, 0.3) is 5.91 Å². The number of benzene rings is 1. The summed E-state index contributed by atoms with van der Waals surface area (Å²) >= 11 is 0. The summed E-state index contributed by atoms with van der Waals surface area (Å²) in [7, 11) is 0. The highest BCUT2D eigenvalue weighted by Gasteiger charge is 2.15. The highest BCUT2D eigenvalue weighted by Crippen LogP contribution is 2.17. The number of pyridine rings is 1. The second-order valence-corrected chi connectivity index (χ2v) is 6.01. The number of hydrogen-bond donors (Lipinski definition) is 1. The molecule has 0 spiro atoms. The summed E-state index contributed by atoms with van der Waals surface area (Å²) in [4.78, 5) is 18.9. The molecule has 0 radical (unpaired) electrons. The second-order valence-electron chi connectivity index (χ2n) is 6.01. The molecule has 0 bridgehead atoms. The van der Waals surface area contributed by atoms with E-state index < -0.39 is 6.10 Å². The van der Waals surface area contributed by atoms with Crippen LogP contribution >= 0.6 is 0 Å². The second kappa shape index (κ2) is 7.81. The van der Waals surface area contributed by atoms with E-state index in [9.17, 15) is 4.79 Å². The van der Waals surface area contributed by atoms with Crippen LogP contribution in [0.1, 0.15) is 25.3 Å². The third kappa shape index (κ3) is 4.25. The van der Waals surface area contributed by atoms with Crippen LogP contribution in [0.4, 0.5) is 5.82 Å². The summed E-state index contributed by atoms with van der Waals surface area (Å²) in [6, 6.07) is 13.4. The Kier molecular flexibility index (Phi) is 5.31. The number of amides is 1. The Morgan fingerprint density at radius 3 is 2.62 bits per heavy atom. The fourth-order valence-electron chi connectivity index (χ4n) is 2.74. The molecule has 1 saturated heterocycles. The fourth-order valence-corrected chi connectivity index (χ4v) is 2.74. The Hall–Kier alpha value is -2.56. The van der Waals surface area contributed by atoms with E-state index in [0.29, 0.717) is 12.3 Å². The Morgan fingerprint density at radius 2 is 1.96 bits per heavy atom. The molecule has 5 nitrogen and oxygen atoms in total. The molecular formula is C19H23N3O2. The lowest BCUT2D eigenvalue weighted by Gasteiger charge is -2.17. The number of nitrogens with zero attached hydrogens (tertiary/aromatic N) is 2. The van der Waals surface area contributed by atoms with Crippen LogP contribution in [0.3, 0.4) is 0 Å². The summed E-state index contributed by atoms with van der Waals surface area (Å²) in [5.41, 5.74) is 0.984. The highest BCUT2D eigenvalue weighted by molar-refractivity contribution is 5.80. The number of anilines is 1. The number of nitrogens with one attached hydrogen (secondary N) is 1. The normalized spacial score (nSPS) is 15.1. The maximum Gasteiger partial charge on any atom is 0.261 e. The average Bonchev–Trinajstić information content (AvgIpc) is 3.15. The standard InChI is InChI=1S/C19H23N3O2/c1-15(24-17-7-3-2-4-8-17)19(23)21-14-16-9-10-18(20-13-16)22-11-5-6-12-22/h2-4,7-10,13,15H,5-6,11-12,14H2,1H3,(H,21,23). The smallest absolute Gasteiger partial charge is 0.261 e. The van der Waals surface area contributed by atoms with Gasteiger partial charge in [0.15, 0.2) is 6.10 Å². The van der Waals surface area contributed by atoms with E-state index >= 15 is 0 Å². The van der Waals surface area contributed by atoms with E-state index in [-0.39, 0.29) is 5.91 Å². The predicted octanol–water partition coefficient (Wildman–Crippen LogP) is 2.77. The van der Waals surface area contributed by atoms with Gasteiger partial charge in [-0.1, -0.05) is 24.3 Å². The molecule has 1 atom stereocenters. The minimum absolute atomic E-state index is 0.137. The molecule has 3 rings (SSSR count). The van der Waals surface area contributed by atoms with Gasteiger partial charge in [0.1, 0.15) is 11.6 Å². The molecule has 0 aliphatic carbocycles. The molecular weight excluding hydrogens is 302 g/mol. The Balaban J connectivity index is 1.48. The van der Waals surface area contributed by atoms with Crippen LogP contribution in [-0.2, 0) is 11.3 Å². The minimum Gasteiger partial charge on any atom is -0.481 e. The van der Waals surface area contributed by atoms with Gasteiger partial charge in [0.2, 0.25) is 0 Å². The Bertz CT molecular complexity index is 652. The first-order chi connectivity index (χ1) is 11.7. The van der Waals surface area contributed by atoms with E-state index in [4.69, 9.17) is 4.74 Å². The van der Waals surface area contributed by atoms with Crippen molar-refractivity contribution in [3.63, 3.8) is 0 Å². The molecule has 1 aliphatic heterocycles. The number of para-hydroxylation sites is 1. The van der Waals surface area contributed by atoms with E-state index in [1.165, 1.54) is 12.8 Å². The molecule has 1 unspecified atom stereocenters. The van der Waals surface area contributed by atoms with Crippen molar-refractivity contribution in [1.29, 1.82) is 0 Å². The summed E-state index contributed by atoms with van der Waals surface area (Å²) in [6.07, 6.45) is 3.76. The number of carbonyl (C=O) groups excluding carboxylic acids is 1. The van der Waals surface area contributed by atoms with Crippen LogP contribution in [0, 0.1) is 0 Å². The van der Waals surface area contributed by atoms with Gasteiger partial charge in [-0.25, -0.2) is 4.98 Å². The van der Waals surface area contributed by atoms with Crippen molar-refractivity contribution in [2.24, 2.45) is 0 Å². The molecule has 1 aromatic carbocycles. The maximum absolute atomic E-state index is 12.1. The number of rotatable bonds is 6. The summed E-state index contributed by atoms with van der Waals surface area (Å²) < 4.78 is 5.62. The van der Waals surface area contributed by atoms with E-state index in [0.717, 1.165) is 24.5 Å². The number of ether oxygens (including phenoxy) is 1. The van der Waals surface area contributed by atoms with E-state index in [2.05, 4.69) is 15.2 Å². The van der Waals surface area contributed by atoms with E-state index in [1.54, 1.807) is 6.92 Å². The van der Waals surface area contributed by atoms with Gasteiger partial charge < -0.3 is 15.0 Å². The Morgan fingerprint density at radius 1 is 1.21 bits per heavy atom. The molecule has 5 heteroatoms.